The van der Waals surface area contributed by atoms with Crippen molar-refractivity contribution in [2.45, 2.75) is 13.3 Å². The zero-order chi connectivity index (χ0) is 12.7. The number of oxime groups is 1. The molecule has 0 aliphatic carbocycles. The number of nitrogens with two attached hydrogens (primary N) is 1. The van der Waals surface area contributed by atoms with E-state index >= 15 is 0 Å². The van der Waals surface area contributed by atoms with Crippen LogP contribution in [0.2, 0.25) is 0 Å². The molecule has 1 rings (SSSR count). The Kier molecular flexibility index (Phi) is 5.42. The molecule has 0 bridgehead atoms. The molecule has 0 spiro atoms. The molecule has 0 amide bonds. The smallest absolute Gasteiger partial charge is 0.143 e. The molecule has 0 heterocycles. The van der Waals surface area contributed by atoms with Crippen molar-refractivity contribution >= 4 is 5.84 Å². The molecule has 4 nitrogen and oxygen atoms in total. The van der Waals surface area contributed by atoms with E-state index < -0.39 is 0 Å². The van der Waals surface area contributed by atoms with E-state index in [1.807, 2.05) is 6.92 Å². The first-order valence-corrected chi connectivity index (χ1v) is 5.56. The van der Waals surface area contributed by atoms with Crippen LogP contribution in [-0.4, -0.2) is 24.1 Å². The fourth-order valence-corrected chi connectivity index (χ4v) is 1.41. The highest BCUT2D eigenvalue weighted by atomic mass is 19.1. The number of halogens is 1. The Bertz CT molecular complexity index is 365. The number of nitrogens with zero attached hydrogens (tertiary/aromatic N) is 1. The van der Waals surface area contributed by atoms with Crippen molar-refractivity contribution in [2.75, 3.05) is 13.1 Å². The van der Waals surface area contributed by atoms with E-state index in [0.717, 1.165) is 18.5 Å². The highest BCUT2D eigenvalue weighted by Gasteiger charge is 2.06. The molecule has 1 aromatic carbocycles. The second kappa shape index (κ2) is 6.85. The summed E-state index contributed by atoms with van der Waals surface area (Å²) < 4.78 is 12.6. The number of hydrogen-bond donors (Lipinski definition) is 3. The Morgan fingerprint density at radius 2 is 2.12 bits per heavy atom. The third-order valence-corrected chi connectivity index (χ3v) is 2.57. The molecule has 0 saturated carbocycles. The number of nitrogens with one attached hydrogen (secondary N) is 1. The van der Waals surface area contributed by atoms with Gasteiger partial charge in [0, 0.05) is 12.5 Å². The van der Waals surface area contributed by atoms with E-state index in [1.54, 1.807) is 12.1 Å². The van der Waals surface area contributed by atoms with Gasteiger partial charge in [-0.25, -0.2) is 4.39 Å². The van der Waals surface area contributed by atoms with Crippen LogP contribution in [-0.2, 0) is 6.42 Å². The molecule has 4 N–H and O–H groups in total. The molecule has 1 unspecified atom stereocenters. The largest absolute Gasteiger partial charge is 0.409 e. The van der Waals surface area contributed by atoms with Crippen LogP contribution >= 0.6 is 0 Å². The predicted octanol–water partition coefficient (Wildman–Crippen LogP) is 1.34. The average Bonchev–Trinajstić information content (AvgIpc) is 2.35. The van der Waals surface area contributed by atoms with Crippen molar-refractivity contribution in [2.24, 2.45) is 16.8 Å². The second-order valence-electron chi connectivity index (χ2n) is 4.01. The summed E-state index contributed by atoms with van der Waals surface area (Å²) in [5.41, 5.74) is 6.52. The average molecular weight is 239 g/mol. The van der Waals surface area contributed by atoms with Gasteiger partial charge in [0.15, 0.2) is 0 Å². The van der Waals surface area contributed by atoms with Gasteiger partial charge in [0.2, 0.25) is 0 Å². The Balaban J connectivity index is 2.22. The summed E-state index contributed by atoms with van der Waals surface area (Å²) in [7, 11) is 0. The highest BCUT2D eigenvalue weighted by molar-refractivity contribution is 5.82. The lowest BCUT2D eigenvalue weighted by atomic mass is 10.1. The summed E-state index contributed by atoms with van der Waals surface area (Å²) in [6.45, 7) is 3.30. The normalized spacial score (nSPS) is 13.6. The minimum Gasteiger partial charge on any atom is -0.409 e. The summed E-state index contributed by atoms with van der Waals surface area (Å²) in [6.07, 6.45) is 0.823. The van der Waals surface area contributed by atoms with Crippen LogP contribution in [0.4, 0.5) is 4.39 Å². The van der Waals surface area contributed by atoms with Crippen molar-refractivity contribution in [3.8, 4) is 0 Å². The zero-order valence-electron chi connectivity index (χ0n) is 9.86. The molecular formula is C12H18FN3O. The van der Waals surface area contributed by atoms with Crippen LogP contribution in [0.1, 0.15) is 12.5 Å². The standard InChI is InChI=1S/C12H18FN3O/c1-9(12(14)16-17)8-15-7-6-10-2-4-11(13)5-3-10/h2-5,9,15,17H,6-8H2,1H3,(H2,14,16). The van der Waals surface area contributed by atoms with Crippen LogP contribution < -0.4 is 11.1 Å². The summed E-state index contributed by atoms with van der Waals surface area (Å²) in [5.74, 6) is -0.00485. The lowest BCUT2D eigenvalue weighted by molar-refractivity contribution is 0.314. The van der Waals surface area contributed by atoms with Crippen molar-refractivity contribution in [1.29, 1.82) is 0 Å². The molecular weight excluding hydrogens is 221 g/mol. The van der Waals surface area contributed by atoms with Crippen molar-refractivity contribution < 1.29 is 9.60 Å². The van der Waals surface area contributed by atoms with Crippen LogP contribution in [0, 0.1) is 11.7 Å². The third kappa shape index (κ3) is 4.82. The molecule has 5 heteroatoms. The van der Waals surface area contributed by atoms with Crippen molar-refractivity contribution in [3.63, 3.8) is 0 Å². The molecule has 0 aliphatic heterocycles. The molecule has 0 radical (unpaired) electrons. The van der Waals surface area contributed by atoms with E-state index in [4.69, 9.17) is 10.9 Å². The monoisotopic (exact) mass is 239 g/mol. The SMILES string of the molecule is CC(CNCCc1ccc(F)cc1)C(N)=NO. The zero-order valence-corrected chi connectivity index (χ0v) is 9.86. The van der Waals surface area contributed by atoms with E-state index in [9.17, 15) is 4.39 Å². The summed E-state index contributed by atoms with van der Waals surface area (Å²) in [5, 5.41) is 14.6. The van der Waals surface area contributed by atoms with E-state index in [-0.39, 0.29) is 17.6 Å². The van der Waals surface area contributed by atoms with Gasteiger partial charge >= 0.3 is 0 Å². The predicted molar refractivity (Wildman–Crippen MR) is 65.5 cm³/mol. The fraction of sp³-hybridized carbons (Fsp3) is 0.417. The highest BCUT2D eigenvalue weighted by Crippen LogP contribution is 2.02. The lowest BCUT2D eigenvalue weighted by Crippen LogP contribution is -2.32. The Hall–Kier alpha value is -1.62. The molecule has 1 atom stereocenters. The molecule has 94 valence electrons. The first-order chi connectivity index (χ1) is 8.13. The second-order valence-corrected chi connectivity index (χ2v) is 4.01. The molecule has 17 heavy (non-hydrogen) atoms. The maximum Gasteiger partial charge on any atom is 0.143 e. The minimum atomic E-state index is -0.220. The lowest BCUT2D eigenvalue weighted by Gasteiger charge is -2.10. The maximum absolute atomic E-state index is 12.6. The fourth-order valence-electron chi connectivity index (χ4n) is 1.41. The van der Waals surface area contributed by atoms with E-state index in [2.05, 4.69) is 10.5 Å². The first kappa shape index (κ1) is 13.4. The van der Waals surface area contributed by atoms with Crippen LogP contribution in [0.15, 0.2) is 29.4 Å². The van der Waals surface area contributed by atoms with Gasteiger partial charge in [-0.05, 0) is 30.7 Å². The summed E-state index contributed by atoms with van der Waals surface area (Å²) in [6, 6.07) is 6.44. The van der Waals surface area contributed by atoms with Gasteiger partial charge in [0.05, 0.1) is 0 Å². The van der Waals surface area contributed by atoms with Crippen LogP contribution in [0.25, 0.3) is 0 Å². The van der Waals surface area contributed by atoms with Gasteiger partial charge in [0.25, 0.3) is 0 Å². The van der Waals surface area contributed by atoms with Crippen LogP contribution in [0.3, 0.4) is 0 Å². The molecule has 0 fully saturated rings. The molecule has 1 aromatic rings. The van der Waals surface area contributed by atoms with Crippen LogP contribution in [0.5, 0.6) is 0 Å². The van der Waals surface area contributed by atoms with Gasteiger partial charge < -0.3 is 16.3 Å². The Morgan fingerprint density at radius 3 is 2.71 bits per heavy atom. The molecule has 0 saturated heterocycles. The van der Waals surface area contributed by atoms with Gasteiger partial charge in [-0.15, -0.1) is 0 Å². The maximum atomic E-state index is 12.6. The topological polar surface area (TPSA) is 70.6 Å². The molecule has 0 aliphatic rings. The van der Waals surface area contributed by atoms with Crippen molar-refractivity contribution in [3.05, 3.63) is 35.6 Å². The number of benzene rings is 1. The number of amidine groups is 1. The van der Waals surface area contributed by atoms with E-state index in [0.29, 0.717) is 6.54 Å². The molecule has 0 aromatic heterocycles. The minimum absolute atomic E-state index is 0.00628. The van der Waals surface area contributed by atoms with E-state index in [1.165, 1.54) is 12.1 Å². The first-order valence-electron chi connectivity index (χ1n) is 5.56. The quantitative estimate of drug-likeness (QED) is 0.231. The Morgan fingerprint density at radius 1 is 1.47 bits per heavy atom. The summed E-state index contributed by atoms with van der Waals surface area (Å²) >= 11 is 0. The van der Waals surface area contributed by atoms with Gasteiger partial charge in [-0.1, -0.05) is 24.2 Å². The van der Waals surface area contributed by atoms with Gasteiger partial charge in [0.1, 0.15) is 11.7 Å². The van der Waals surface area contributed by atoms with Gasteiger partial charge in [-0.2, -0.15) is 0 Å². The third-order valence-electron chi connectivity index (χ3n) is 2.57. The number of rotatable bonds is 6. The summed E-state index contributed by atoms with van der Waals surface area (Å²) in [4.78, 5) is 0. The van der Waals surface area contributed by atoms with Crippen molar-refractivity contribution in [1.82, 2.24) is 5.32 Å². The number of hydrogen-bond acceptors (Lipinski definition) is 3. The van der Waals surface area contributed by atoms with Gasteiger partial charge in [-0.3, -0.25) is 0 Å². The Labute approximate surface area is 100 Å².